The second-order valence-electron chi connectivity index (χ2n) is 3.85. The van der Waals surface area contributed by atoms with Gasteiger partial charge in [0.25, 0.3) is 9.70 Å². The van der Waals surface area contributed by atoms with Gasteiger partial charge >= 0.3 is 0 Å². The topological polar surface area (TPSA) is 29.1 Å². The molecule has 0 heterocycles. The van der Waals surface area contributed by atoms with E-state index in [1.54, 1.807) is 6.07 Å². The quantitative estimate of drug-likeness (QED) is 0.817. The minimum atomic E-state index is -1.94. The Kier molecular flexibility index (Phi) is 5.11. The predicted molar refractivity (Wildman–Crippen MR) is 74.1 cm³/mol. The first-order valence-corrected chi connectivity index (χ1v) is 6.46. The molecule has 0 aromatic heterocycles. The molecule has 0 aliphatic carbocycles. The minimum absolute atomic E-state index is 0.335. The SMILES string of the molecule is CC[C@H](C)c1ccccc1NC(=O)C(Cl)(Cl)Cl. The number of hydrogen-bond acceptors (Lipinski definition) is 1. The smallest absolute Gasteiger partial charge is 0.276 e. The lowest BCUT2D eigenvalue weighted by Gasteiger charge is -2.17. The van der Waals surface area contributed by atoms with Crippen LogP contribution in [0.1, 0.15) is 31.7 Å². The Labute approximate surface area is 116 Å². The van der Waals surface area contributed by atoms with Crippen LogP contribution in [0.4, 0.5) is 5.69 Å². The number of amides is 1. The molecule has 0 saturated heterocycles. The summed E-state index contributed by atoms with van der Waals surface area (Å²) in [6, 6.07) is 7.52. The Balaban J connectivity index is 2.95. The molecule has 1 rings (SSSR count). The highest BCUT2D eigenvalue weighted by molar-refractivity contribution is 6.76. The van der Waals surface area contributed by atoms with E-state index in [9.17, 15) is 4.79 Å². The molecule has 17 heavy (non-hydrogen) atoms. The van der Waals surface area contributed by atoms with E-state index in [2.05, 4.69) is 19.2 Å². The van der Waals surface area contributed by atoms with E-state index in [1.807, 2.05) is 18.2 Å². The predicted octanol–water partition coefficient (Wildman–Crippen LogP) is 4.51. The van der Waals surface area contributed by atoms with Gasteiger partial charge in [0.2, 0.25) is 0 Å². The summed E-state index contributed by atoms with van der Waals surface area (Å²) in [5.74, 6) is -0.305. The lowest BCUT2D eigenvalue weighted by Crippen LogP contribution is -2.27. The summed E-state index contributed by atoms with van der Waals surface area (Å²) in [5.41, 5.74) is 1.73. The van der Waals surface area contributed by atoms with Crippen molar-refractivity contribution >= 4 is 46.4 Å². The number of alkyl halides is 3. The number of benzene rings is 1. The monoisotopic (exact) mass is 293 g/mol. The van der Waals surface area contributed by atoms with Crippen LogP contribution in [0.2, 0.25) is 0 Å². The van der Waals surface area contributed by atoms with E-state index in [1.165, 1.54) is 0 Å². The molecule has 94 valence electrons. The zero-order valence-electron chi connectivity index (χ0n) is 9.64. The average Bonchev–Trinajstić information content (AvgIpc) is 2.27. The molecule has 0 fully saturated rings. The van der Waals surface area contributed by atoms with Crippen LogP contribution in [-0.4, -0.2) is 9.70 Å². The number of carbonyl (C=O) groups is 1. The second-order valence-corrected chi connectivity index (χ2v) is 6.13. The van der Waals surface area contributed by atoms with Crippen molar-refractivity contribution < 1.29 is 4.79 Å². The van der Waals surface area contributed by atoms with E-state index in [0.717, 1.165) is 12.0 Å². The van der Waals surface area contributed by atoms with Crippen LogP contribution in [0.3, 0.4) is 0 Å². The fraction of sp³-hybridized carbons (Fsp3) is 0.417. The third kappa shape index (κ3) is 4.06. The van der Waals surface area contributed by atoms with Gasteiger partial charge in [0, 0.05) is 5.69 Å². The zero-order valence-corrected chi connectivity index (χ0v) is 11.9. The van der Waals surface area contributed by atoms with Gasteiger partial charge < -0.3 is 5.32 Å². The fourth-order valence-electron chi connectivity index (χ4n) is 1.45. The fourth-order valence-corrected chi connectivity index (χ4v) is 1.60. The molecule has 0 saturated carbocycles. The van der Waals surface area contributed by atoms with Crippen LogP contribution < -0.4 is 5.32 Å². The van der Waals surface area contributed by atoms with Crippen molar-refractivity contribution in [2.75, 3.05) is 5.32 Å². The summed E-state index contributed by atoms with van der Waals surface area (Å²) in [6.07, 6.45) is 0.973. The van der Waals surface area contributed by atoms with Crippen LogP contribution in [0.5, 0.6) is 0 Å². The van der Waals surface area contributed by atoms with Crippen molar-refractivity contribution in [3.63, 3.8) is 0 Å². The number of hydrogen-bond donors (Lipinski definition) is 1. The van der Waals surface area contributed by atoms with Crippen molar-refractivity contribution in [1.29, 1.82) is 0 Å². The van der Waals surface area contributed by atoms with Crippen molar-refractivity contribution in [1.82, 2.24) is 0 Å². The molecular formula is C12H14Cl3NO. The van der Waals surface area contributed by atoms with Crippen LogP contribution in [0.15, 0.2) is 24.3 Å². The standard InChI is InChI=1S/C12H14Cl3NO/c1-3-8(2)9-6-4-5-7-10(9)16-11(17)12(13,14)15/h4-8H,3H2,1-2H3,(H,16,17)/t8-/m0/s1. The van der Waals surface area contributed by atoms with Gasteiger partial charge in [-0.3, -0.25) is 4.79 Å². The molecule has 0 bridgehead atoms. The van der Waals surface area contributed by atoms with E-state index >= 15 is 0 Å². The summed E-state index contributed by atoms with van der Waals surface area (Å²) >= 11 is 16.6. The molecular weight excluding hydrogens is 280 g/mol. The summed E-state index contributed by atoms with van der Waals surface area (Å²) in [4.78, 5) is 11.6. The molecule has 0 spiro atoms. The highest BCUT2D eigenvalue weighted by Crippen LogP contribution is 2.31. The number of carbonyl (C=O) groups excluding carboxylic acids is 1. The Morgan fingerprint density at radius 2 is 1.94 bits per heavy atom. The number of halogens is 3. The Morgan fingerprint density at radius 3 is 2.47 bits per heavy atom. The molecule has 2 nitrogen and oxygen atoms in total. The van der Waals surface area contributed by atoms with Gasteiger partial charge in [-0.05, 0) is 24.0 Å². The van der Waals surface area contributed by atoms with Gasteiger partial charge in [0.05, 0.1) is 0 Å². The molecule has 1 aromatic carbocycles. The number of para-hydroxylation sites is 1. The molecule has 0 unspecified atom stereocenters. The van der Waals surface area contributed by atoms with Crippen molar-refractivity contribution in [3.8, 4) is 0 Å². The van der Waals surface area contributed by atoms with Gasteiger partial charge in [-0.1, -0.05) is 66.8 Å². The van der Waals surface area contributed by atoms with E-state index in [4.69, 9.17) is 34.8 Å². The molecule has 0 aliphatic heterocycles. The highest BCUT2D eigenvalue weighted by atomic mass is 35.6. The molecule has 1 aromatic rings. The first-order valence-electron chi connectivity index (χ1n) is 5.33. The maximum absolute atomic E-state index is 11.6. The van der Waals surface area contributed by atoms with Gasteiger partial charge in [0.1, 0.15) is 0 Å². The molecule has 1 amide bonds. The van der Waals surface area contributed by atoms with Crippen LogP contribution in [-0.2, 0) is 4.79 Å². The molecule has 5 heteroatoms. The Morgan fingerprint density at radius 1 is 1.35 bits per heavy atom. The maximum Gasteiger partial charge on any atom is 0.276 e. The number of nitrogens with one attached hydrogen (secondary N) is 1. The first-order chi connectivity index (χ1) is 7.86. The second kappa shape index (κ2) is 5.94. The van der Waals surface area contributed by atoms with Crippen LogP contribution in [0.25, 0.3) is 0 Å². The van der Waals surface area contributed by atoms with Gasteiger partial charge in [-0.2, -0.15) is 0 Å². The minimum Gasteiger partial charge on any atom is -0.322 e. The normalized spacial score (nSPS) is 13.2. The third-order valence-corrected chi connectivity index (χ3v) is 3.12. The Bertz CT molecular complexity index is 401. The van der Waals surface area contributed by atoms with Crippen molar-refractivity contribution in [2.24, 2.45) is 0 Å². The number of anilines is 1. The zero-order chi connectivity index (χ0) is 13.1. The summed E-state index contributed by atoms with van der Waals surface area (Å²) in [5, 5.41) is 2.63. The summed E-state index contributed by atoms with van der Waals surface area (Å²) in [6.45, 7) is 4.17. The largest absolute Gasteiger partial charge is 0.322 e. The molecule has 1 atom stereocenters. The molecule has 0 aliphatic rings. The number of rotatable bonds is 3. The van der Waals surface area contributed by atoms with Gasteiger partial charge in [0.15, 0.2) is 0 Å². The van der Waals surface area contributed by atoms with E-state index in [0.29, 0.717) is 11.6 Å². The van der Waals surface area contributed by atoms with Gasteiger partial charge in [-0.25, -0.2) is 0 Å². The third-order valence-electron chi connectivity index (χ3n) is 2.61. The molecule has 0 radical (unpaired) electrons. The Hall–Kier alpha value is -0.440. The molecule has 1 N–H and O–H groups in total. The van der Waals surface area contributed by atoms with Crippen molar-refractivity contribution in [3.05, 3.63) is 29.8 Å². The van der Waals surface area contributed by atoms with Crippen molar-refractivity contribution in [2.45, 2.75) is 30.0 Å². The highest BCUT2D eigenvalue weighted by Gasteiger charge is 2.31. The van der Waals surface area contributed by atoms with E-state index < -0.39 is 9.70 Å². The van der Waals surface area contributed by atoms with Crippen LogP contribution in [0, 0.1) is 0 Å². The van der Waals surface area contributed by atoms with Crippen LogP contribution >= 0.6 is 34.8 Å². The van der Waals surface area contributed by atoms with Gasteiger partial charge in [-0.15, -0.1) is 0 Å². The lowest BCUT2D eigenvalue weighted by atomic mass is 9.97. The summed E-state index contributed by atoms with van der Waals surface area (Å²) in [7, 11) is 0. The summed E-state index contributed by atoms with van der Waals surface area (Å²) < 4.78 is -1.94. The van der Waals surface area contributed by atoms with E-state index in [-0.39, 0.29) is 0 Å². The lowest BCUT2D eigenvalue weighted by molar-refractivity contribution is -0.115. The maximum atomic E-state index is 11.6. The first kappa shape index (κ1) is 14.6. The average molecular weight is 295 g/mol.